The van der Waals surface area contributed by atoms with Gasteiger partial charge in [0.05, 0.1) is 11.5 Å². The molecule has 0 saturated carbocycles. The molecule has 0 bridgehead atoms. The minimum absolute atomic E-state index is 0.0256. The molecule has 0 fully saturated rings. The van der Waals surface area contributed by atoms with E-state index in [-0.39, 0.29) is 12.6 Å². The van der Waals surface area contributed by atoms with Crippen LogP contribution in [0.2, 0.25) is 0 Å². The van der Waals surface area contributed by atoms with E-state index in [0.29, 0.717) is 12.8 Å². The van der Waals surface area contributed by atoms with Gasteiger partial charge < -0.3 is 9.84 Å². The minimum atomic E-state index is -0.655. The van der Waals surface area contributed by atoms with Crippen molar-refractivity contribution >= 4 is 5.97 Å². The summed E-state index contributed by atoms with van der Waals surface area (Å²) >= 11 is 0. The van der Waals surface area contributed by atoms with Crippen LogP contribution in [0.5, 0.6) is 0 Å². The Morgan fingerprint density at radius 2 is 2.14 bits per heavy atom. The Morgan fingerprint density at radius 3 is 2.57 bits per heavy atom. The van der Waals surface area contributed by atoms with E-state index in [0.717, 1.165) is 0 Å². The highest BCUT2D eigenvalue weighted by Gasteiger charge is 2.23. The van der Waals surface area contributed by atoms with Gasteiger partial charge in [0, 0.05) is 6.42 Å². The van der Waals surface area contributed by atoms with Crippen molar-refractivity contribution in [2.75, 3.05) is 6.61 Å². The van der Waals surface area contributed by atoms with E-state index in [9.17, 15) is 9.90 Å². The molecule has 0 aromatic heterocycles. The molecule has 0 unspecified atom stereocenters. The summed E-state index contributed by atoms with van der Waals surface area (Å²) in [6.45, 7) is 5.33. The predicted molar refractivity (Wildman–Crippen MR) is 54.5 cm³/mol. The average Bonchev–Trinajstić information content (AvgIpc) is 2.09. The van der Waals surface area contributed by atoms with Gasteiger partial charge in [0.2, 0.25) is 0 Å². The average molecular weight is 198 g/mol. The molecule has 0 radical (unpaired) electrons. The number of carbonyl (C=O) groups excluding carboxylic acids is 1. The fraction of sp³-hybridized carbons (Fsp3) is 0.727. The highest BCUT2D eigenvalue weighted by atomic mass is 16.5. The van der Waals surface area contributed by atoms with Crippen LogP contribution >= 0.6 is 0 Å². The minimum Gasteiger partial charge on any atom is -0.463 e. The topological polar surface area (TPSA) is 46.5 Å². The van der Waals surface area contributed by atoms with Gasteiger partial charge in [-0.15, -0.1) is 12.3 Å². The molecule has 0 aromatic carbocycles. The zero-order valence-electron chi connectivity index (χ0n) is 9.04. The summed E-state index contributed by atoms with van der Waals surface area (Å²) in [5.41, 5.74) is -0.522. The summed E-state index contributed by atoms with van der Waals surface area (Å²) in [7, 11) is 0. The predicted octanol–water partition coefficient (Wildman–Crippen LogP) is 1.35. The summed E-state index contributed by atoms with van der Waals surface area (Å²) in [5.74, 6) is 2.11. The molecule has 3 heteroatoms. The second-order valence-electron chi connectivity index (χ2n) is 4.25. The van der Waals surface area contributed by atoms with Crippen LogP contribution in [-0.2, 0) is 9.53 Å². The Labute approximate surface area is 85.5 Å². The molecule has 0 amide bonds. The molecule has 0 aromatic rings. The van der Waals surface area contributed by atoms with Crippen molar-refractivity contribution < 1.29 is 14.6 Å². The molecule has 80 valence electrons. The van der Waals surface area contributed by atoms with Gasteiger partial charge in [-0.25, -0.2) is 0 Å². The number of aliphatic hydroxyl groups excluding tert-OH is 1. The monoisotopic (exact) mass is 198 g/mol. The normalized spacial score (nSPS) is 13.1. The Hall–Kier alpha value is -1.01. The first-order valence-corrected chi connectivity index (χ1v) is 4.66. The van der Waals surface area contributed by atoms with Crippen LogP contribution in [-0.4, -0.2) is 23.8 Å². The number of terminal acetylenes is 1. The number of carbonyl (C=O) groups is 1. The molecule has 0 saturated heterocycles. The van der Waals surface area contributed by atoms with E-state index in [1.807, 2.05) is 0 Å². The summed E-state index contributed by atoms with van der Waals surface area (Å²) in [6, 6.07) is 0. The third-order valence-corrected chi connectivity index (χ3v) is 1.64. The standard InChI is InChI=1S/C11H18O3/c1-5-6-7-9(12)8-14-10(13)11(2,3)4/h1,9,12H,6-8H2,2-4H3/t9-/m1/s1. The molecule has 0 heterocycles. The van der Waals surface area contributed by atoms with Gasteiger partial charge in [-0.2, -0.15) is 0 Å². The highest BCUT2D eigenvalue weighted by molar-refractivity contribution is 5.75. The molecule has 0 aliphatic carbocycles. The summed E-state index contributed by atoms with van der Waals surface area (Å²) < 4.78 is 4.91. The van der Waals surface area contributed by atoms with Crippen LogP contribution in [0, 0.1) is 17.8 Å². The highest BCUT2D eigenvalue weighted by Crippen LogP contribution is 2.15. The maximum Gasteiger partial charge on any atom is 0.311 e. The van der Waals surface area contributed by atoms with Crippen molar-refractivity contribution in [1.29, 1.82) is 0 Å². The second kappa shape index (κ2) is 5.66. The Bertz CT molecular complexity index is 220. The van der Waals surface area contributed by atoms with Crippen molar-refractivity contribution in [3.05, 3.63) is 0 Å². The van der Waals surface area contributed by atoms with Gasteiger partial charge in [0.1, 0.15) is 6.61 Å². The molecule has 1 atom stereocenters. The van der Waals surface area contributed by atoms with Crippen molar-refractivity contribution in [1.82, 2.24) is 0 Å². The number of hydrogen-bond acceptors (Lipinski definition) is 3. The van der Waals surface area contributed by atoms with E-state index in [4.69, 9.17) is 11.2 Å². The number of esters is 1. The van der Waals surface area contributed by atoms with Gasteiger partial charge in [-0.1, -0.05) is 0 Å². The first-order chi connectivity index (χ1) is 6.38. The van der Waals surface area contributed by atoms with Gasteiger partial charge in [0.25, 0.3) is 0 Å². The lowest BCUT2D eigenvalue weighted by molar-refractivity contribution is -0.156. The number of rotatable bonds is 4. The van der Waals surface area contributed by atoms with E-state index in [1.165, 1.54) is 0 Å². The number of hydrogen-bond donors (Lipinski definition) is 1. The maximum atomic E-state index is 11.3. The van der Waals surface area contributed by atoms with Crippen LogP contribution in [0.25, 0.3) is 0 Å². The third kappa shape index (κ3) is 5.60. The van der Waals surface area contributed by atoms with Crippen LogP contribution in [0.4, 0.5) is 0 Å². The SMILES string of the molecule is C#CCC[C@@H](O)COC(=O)C(C)(C)C. The third-order valence-electron chi connectivity index (χ3n) is 1.64. The zero-order chi connectivity index (χ0) is 11.2. The first kappa shape index (κ1) is 13.0. The Kier molecular flexibility index (Phi) is 5.26. The molecule has 0 spiro atoms. The fourth-order valence-electron chi connectivity index (χ4n) is 0.722. The molecule has 3 nitrogen and oxygen atoms in total. The smallest absolute Gasteiger partial charge is 0.311 e. The number of ether oxygens (including phenoxy) is 1. The quantitative estimate of drug-likeness (QED) is 0.548. The summed E-state index contributed by atoms with van der Waals surface area (Å²) in [5, 5.41) is 9.32. The van der Waals surface area contributed by atoms with Gasteiger partial charge in [0.15, 0.2) is 0 Å². The summed E-state index contributed by atoms with van der Waals surface area (Å²) in [4.78, 5) is 11.3. The molecule has 14 heavy (non-hydrogen) atoms. The second-order valence-corrected chi connectivity index (χ2v) is 4.25. The largest absolute Gasteiger partial charge is 0.463 e. The van der Waals surface area contributed by atoms with Crippen molar-refractivity contribution in [3.8, 4) is 12.3 Å². The van der Waals surface area contributed by atoms with Crippen molar-refractivity contribution in [2.45, 2.75) is 39.7 Å². The lowest BCUT2D eigenvalue weighted by Crippen LogP contribution is -2.27. The Morgan fingerprint density at radius 1 is 1.57 bits per heavy atom. The lowest BCUT2D eigenvalue weighted by Gasteiger charge is -2.18. The van der Waals surface area contributed by atoms with Crippen LogP contribution < -0.4 is 0 Å². The van der Waals surface area contributed by atoms with Crippen LogP contribution in [0.15, 0.2) is 0 Å². The molecular formula is C11H18O3. The van der Waals surface area contributed by atoms with E-state index in [1.54, 1.807) is 20.8 Å². The number of aliphatic hydroxyl groups is 1. The van der Waals surface area contributed by atoms with E-state index < -0.39 is 11.5 Å². The van der Waals surface area contributed by atoms with Gasteiger partial charge in [-0.05, 0) is 27.2 Å². The summed E-state index contributed by atoms with van der Waals surface area (Å²) in [6.07, 6.45) is 5.34. The Balaban J connectivity index is 3.73. The van der Waals surface area contributed by atoms with Crippen molar-refractivity contribution in [3.63, 3.8) is 0 Å². The van der Waals surface area contributed by atoms with E-state index >= 15 is 0 Å². The molecule has 0 aliphatic heterocycles. The van der Waals surface area contributed by atoms with Gasteiger partial charge >= 0.3 is 5.97 Å². The van der Waals surface area contributed by atoms with Crippen LogP contribution in [0.3, 0.4) is 0 Å². The zero-order valence-corrected chi connectivity index (χ0v) is 9.04. The molecular weight excluding hydrogens is 180 g/mol. The molecule has 1 N–H and O–H groups in total. The lowest BCUT2D eigenvalue weighted by atomic mass is 9.97. The maximum absolute atomic E-state index is 11.3. The molecule has 0 rings (SSSR count). The van der Waals surface area contributed by atoms with Gasteiger partial charge in [-0.3, -0.25) is 4.79 Å². The first-order valence-electron chi connectivity index (χ1n) is 4.66. The molecule has 0 aliphatic rings. The fourth-order valence-corrected chi connectivity index (χ4v) is 0.722. The van der Waals surface area contributed by atoms with E-state index in [2.05, 4.69) is 5.92 Å². The van der Waals surface area contributed by atoms with Crippen molar-refractivity contribution in [2.24, 2.45) is 5.41 Å². The van der Waals surface area contributed by atoms with Crippen LogP contribution in [0.1, 0.15) is 33.6 Å².